The molecule has 1 aromatic heterocycles. The van der Waals surface area contributed by atoms with Crippen LogP contribution in [0.1, 0.15) is 38.1 Å². The molecule has 1 aliphatic rings. The van der Waals surface area contributed by atoms with Crippen LogP contribution in [-0.2, 0) is 16.6 Å². The van der Waals surface area contributed by atoms with E-state index in [1.165, 1.54) is 0 Å². The molecule has 140 valence electrons. The van der Waals surface area contributed by atoms with Gasteiger partial charge >= 0.3 is 0 Å². The molecule has 1 aromatic rings. The third kappa shape index (κ3) is 4.50. The summed E-state index contributed by atoms with van der Waals surface area (Å²) in [6, 6.07) is 0. The zero-order valence-corrected chi connectivity index (χ0v) is 17.0. The third-order valence-corrected chi connectivity index (χ3v) is 6.67. The van der Waals surface area contributed by atoms with Crippen molar-refractivity contribution in [1.82, 2.24) is 19.4 Å². The fourth-order valence-electron chi connectivity index (χ4n) is 3.35. The Hall–Kier alpha value is -0.630. The lowest BCUT2D eigenvalue weighted by atomic mass is 9.98. The first-order valence-electron chi connectivity index (χ1n) is 8.46. The van der Waals surface area contributed by atoms with Gasteiger partial charge in [0.25, 0.3) is 0 Å². The quantitative estimate of drug-likeness (QED) is 0.823. The molecule has 24 heavy (non-hydrogen) atoms. The SMILES string of the molecule is CNCC1CCN(S(=O)(=O)c2c(C)nn(CC(C)C)c2C)CC1.Cl. The van der Waals surface area contributed by atoms with Crippen molar-refractivity contribution < 1.29 is 8.42 Å². The number of nitrogens with zero attached hydrogens (tertiary/aromatic N) is 3. The van der Waals surface area contributed by atoms with Gasteiger partial charge in [-0.25, -0.2) is 8.42 Å². The molecule has 0 spiro atoms. The summed E-state index contributed by atoms with van der Waals surface area (Å²) in [5.41, 5.74) is 1.37. The van der Waals surface area contributed by atoms with Gasteiger partial charge in [-0.2, -0.15) is 9.40 Å². The van der Waals surface area contributed by atoms with Crippen molar-refractivity contribution in [2.75, 3.05) is 26.7 Å². The normalized spacial score (nSPS) is 17.2. The Balaban J connectivity index is 0.00000288. The number of hydrogen-bond acceptors (Lipinski definition) is 4. The van der Waals surface area contributed by atoms with Crippen molar-refractivity contribution in [3.05, 3.63) is 11.4 Å². The first-order chi connectivity index (χ1) is 10.8. The number of hydrogen-bond donors (Lipinski definition) is 1. The summed E-state index contributed by atoms with van der Waals surface area (Å²) >= 11 is 0. The highest BCUT2D eigenvalue weighted by molar-refractivity contribution is 7.89. The summed E-state index contributed by atoms with van der Waals surface area (Å²) in [5, 5.41) is 7.64. The number of aromatic nitrogens is 2. The van der Waals surface area contributed by atoms with E-state index >= 15 is 0 Å². The monoisotopic (exact) mass is 378 g/mol. The van der Waals surface area contributed by atoms with E-state index in [0.717, 1.165) is 31.6 Å². The highest BCUT2D eigenvalue weighted by atomic mass is 35.5. The smallest absolute Gasteiger partial charge is 0.246 e. The lowest BCUT2D eigenvalue weighted by Gasteiger charge is -2.31. The topological polar surface area (TPSA) is 67.2 Å². The van der Waals surface area contributed by atoms with Gasteiger partial charge in [0.1, 0.15) is 4.90 Å². The fraction of sp³-hybridized carbons (Fsp3) is 0.812. The standard InChI is InChI=1S/C16H30N4O2S.ClH/c1-12(2)11-20-14(4)16(13(3)18-20)23(21,22)19-8-6-15(7-9-19)10-17-5;/h12,15,17H,6-11H2,1-5H3;1H. The zero-order valence-electron chi connectivity index (χ0n) is 15.4. The van der Waals surface area contributed by atoms with Gasteiger partial charge in [-0.15, -0.1) is 12.4 Å². The van der Waals surface area contributed by atoms with Crippen LogP contribution < -0.4 is 5.32 Å². The summed E-state index contributed by atoms with van der Waals surface area (Å²) in [6.07, 6.45) is 1.83. The zero-order chi connectivity index (χ0) is 17.2. The predicted octanol–water partition coefficient (Wildman–Crippen LogP) is 2.20. The maximum atomic E-state index is 13.0. The number of rotatable bonds is 6. The predicted molar refractivity (Wildman–Crippen MR) is 99.2 cm³/mol. The van der Waals surface area contributed by atoms with Gasteiger partial charge in [-0.3, -0.25) is 4.68 Å². The second-order valence-electron chi connectivity index (χ2n) is 6.98. The van der Waals surface area contributed by atoms with E-state index < -0.39 is 10.0 Å². The minimum Gasteiger partial charge on any atom is -0.319 e. The van der Waals surface area contributed by atoms with Gasteiger partial charge in [0.2, 0.25) is 10.0 Å². The highest BCUT2D eigenvalue weighted by Gasteiger charge is 2.33. The van der Waals surface area contributed by atoms with Gasteiger partial charge in [-0.1, -0.05) is 13.8 Å². The van der Waals surface area contributed by atoms with Crippen LogP contribution in [0.2, 0.25) is 0 Å². The number of piperidine rings is 1. The van der Waals surface area contributed by atoms with E-state index in [-0.39, 0.29) is 12.4 Å². The lowest BCUT2D eigenvalue weighted by molar-refractivity contribution is 0.270. The molecular weight excluding hydrogens is 348 g/mol. The van der Waals surface area contributed by atoms with Crippen molar-refractivity contribution >= 4 is 22.4 Å². The minimum atomic E-state index is -3.45. The van der Waals surface area contributed by atoms with Crippen LogP contribution >= 0.6 is 12.4 Å². The average Bonchev–Trinajstić information content (AvgIpc) is 2.74. The maximum absolute atomic E-state index is 13.0. The summed E-state index contributed by atoms with van der Waals surface area (Å²) in [4.78, 5) is 0.408. The number of nitrogens with one attached hydrogen (secondary N) is 1. The Kier molecular flexibility index (Phi) is 7.72. The molecule has 6 nitrogen and oxygen atoms in total. The average molecular weight is 379 g/mol. The van der Waals surface area contributed by atoms with E-state index in [2.05, 4.69) is 24.3 Å². The molecule has 0 aromatic carbocycles. The molecule has 0 unspecified atom stereocenters. The molecule has 2 rings (SSSR count). The van der Waals surface area contributed by atoms with Crippen LogP contribution in [0.5, 0.6) is 0 Å². The maximum Gasteiger partial charge on any atom is 0.246 e. The van der Waals surface area contributed by atoms with Crippen LogP contribution in [0.3, 0.4) is 0 Å². The van der Waals surface area contributed by atoms with Crippen molar-refractivity contribution in [3.8, 4) is 0 Å². The summed E-state index contributed by atoms with van der Waals surface area (Å²) in [7, 11) is -1.50. The number of sulfonamides is 1. The number of halogens is 1. The summed E-state index contributed by atoms with van der Waals surface area (Å²) in [6.45, 7) is 10.8. The van der Waals surface area contributed by atoms with Crippen LogP contribution in [0.4, 0.5) is 0 Å². The first-order valence-corrected chi connectivity index (χ1v) is 9.90. The molecule has 0 saturated carbocycles. The van der Waals surface area contributed by atoms with Gasteiger partial charge in [0, 0.05) is 19.6 Å². The Labute approximate surface area is 152 Å². The second-order valence-corrected chi connectivity index (χ2v) is 8.86. The van der Waals surface area contributed by atoms with E-state index in [0.29, 0.717) is 35.5 Å². The molecule has 1 aliphatic heterocycles. The Morgan fingerprint density at radius 1 is 1.25 bits per heavy atom. The second kappa shape index (κ2) is 8.65. The van der Waals surface area contributed by atoms with Gasteiger partial charge in [-0.05, 0) is 52.1 Å². The Morgan fingerprint density at radius 3 is 2.33 bits per heavy atom. The molecule has 1 N–H and O–H groups in total. The van der Waals surface area contributed by atoms with E-state index in [4.69, 9.17) is 0 Å². The van der Waals surface area contributed by atoms with Crippen LogP contribution in [0, 0.1) is 25.7 Å². The largest absolute Gasteiger partial charge is 0.319 e. The molecule has 0 bridgehead atoms. The minimum absolute atomic E-state index is 0. The van der Waals surface area contributed by atoms with Crippen LogP contribution in [0.15, 0.2) is 4.90 Å². The number of aryl methyl sites for hydroxylation is 1. The van der Waals surface area contributed by atoms with Crippen molar-refractivity contribution in [2.24, 2.45) is 11.8 Å². The molecule has 0 aliphatic carbocycles. The van der Waals surface area contributed by atoms with Crippen molar-refractivity contribution in [2.45, 2.75) is 52.0 Å². The molecule has 1 saturated heterocycles. The molecular formula is C16H31ClN4O2S. The Morgan fingerprint density at radius 2 is 1.83 bits per heavy atom. The first kappa shape index (κ1) is 21.4. The molecule has 1 fully saturated rings. The lowest BCUT2D eigenvalue weighted by Crippen LogP contribution is -2.40. The summed E-state index contributed by atoms with van der Waals surface area (Å²) < 4.78 is 29.6. The summed E-state index contributed by atoms with van der Waals surface area (Å²) in [5.74, 6) is 0.998. The van der Waals surface area contributed by atoms with Crippen LogP contribution in [0.25, 0.3) is 0 Å². The fourth-order valence-corrected chi connectivity index (χ4v) is 5.19. The van der Waals surface area contributed by atoms with Crippen LogP contribution in [-0.4, -0.2) is 49.2 Å². The van der Waals surface area contributed by atoms with E-state index in [1.54, 1.807) is 11.2 Å². The third-order valence-electron chi connectivity index (χ3n) is 4.52. The van der Waals surface area contributed by atoms with Gasteiger partial charge in [0.05, 0.1) is 11.4 Å². The van der Waals surface area contributed by atoms with Crippen molar-refractivity contribution in [3.63, 3.8) is 0 Å². The van der Waals surface area contributed by atoms with Gasteiger partial charge < -0.3 is 5.32 Å². The molecule has 8 heteroatoms. The highest BCUT2D eigenvalue weighted by Crippen LogP contribution is 2.27. The van der Waals surface area contributed by atoms with Gasteiger partial charge in [0.15, 0.2) is 0 Å². The molecule has 0 radical (unpaired) electrons. The molecule has 0 amide bonds. The van der Waals surface area contributed by atoms with Crippen molar-refractivity contribution in [1.29, 1.82) is 0 Å². The van der Waals surface area contributed by atoms with E-state index in [9.17, 15) is 8.42 Å². The Bertz CT molecular complexity index is 635. The van der Waals surface area contributed by atoms with E-state index in [1.807, 2.05) is 18.7 Å². The molecule has 0 atom stereocenters. The molecule has 2 heterocycles.